The molecule has 0 spiro atoms. The molecule has 126 valence electrons. The minimum absolute atomic E-state index is 0.0456. The lowest BCUT2D eigenvalue weighted by atomic mass is 10.0. The molecule has 24 heavy (non-hydrogen) atoms. The maximum atomic E-state index is 12.0. The van der Waals surface area contributed by atoms with E-state index in [4.69, 9.17) is 16.3 Å². The Bertz CT molecular complexity index is 722. The van der Waals surface area contributed by atoms with E-state index in [2.05, 4.69) is 26.2 Å². The van der Waals surface area contributed by atoms with Crippen LogP contribution in [0.15, 0.2) is 47.1 Å². The third-order valence-corrected chi connectivity index (χ3v) is 4.16. The number of pyridine rings is 1. The minimum atomic E-state index is -0.681. The van der Waals surface area contributed by atoms with Crippen molar-refractivity contribution < 1.29 is 14.3 Å². The third-order valence-electron chi connectivity index (χ3n) is 3.33. The van der Waals surface area contributed by atoms with Crippen LogP contribution in [0.1, 0.15) is 35.3 Å². The van der Waals surface area contributed by atoms with Crippen LogP contribution < -0.4 is 5.32 Å². The number of carbonyl (C=O) groups is 2. The fourth-order valence-electron chi connectivity index (χ4n) is 2.10. The van der Waals surface area contributed by atoms with Crippen molar-refractivity contribution in [3.63, 3.8) is 0 Å². The number of rotatable bonds is 6. The Morgan fingerprint density at radius 3 is 2.62 bits per heavy atom. The highest BCUT2D eigenvalue weighted by Gasteiger charge is 2.16. The molecule has 2 rings (SSSR count). The number of ether oxygens (including phenoxy) is 1. The molecule has 1 aromatic heterocycles. The predicted molar refractivity (Wildman–Crippen MR) is 94.8 cm³/mol. The number of carbonyl (C=O) groups excluding carboxylic acids is 2. The van der Waals surface area contributed by atoms with Gasteiger partial charge in [0.1, 0.15) is 5.15 Å². The Morgan fingerprint density at radius 2 is 2.00 bits per heavy atom. The summed E-state index contributed by atoms with van der Waals surface area (Å²) in [7, 11) is 0. The van der Waals surface area contributed by atoms with Gasteiger partial charge in [-0.3, -0.25) is 4.79 Å². The van der Waals surface area contributed by atoms with Crippen molar-refractivity contribution in [1.82, 2.24) is 10.3 Å². The highest BCUT2D eigenvalue weighted by molar-refractivity contribution is 9.10. The van der Waals surface area contributed by atoms with Crippen LogP contribution in [-0.2, 0) is 9.53 Å². The molecule has 0 fully saturated rings. The number of halogens is 2. The lowest BCUT2D eigenvalue weighted by Crippen LogP contribution is -2.32. The molecule has 0 radical (unpaired) electrons. The molecule has 0 saturated heterocycles. The van der Waals surface area contributed by atoms with E-state index in [9.17, 15) is 9.59 Å². The number of hydrogen-bond donors (Lipinski definition) is 1. The molecule has 1 atom stereocenters. The summed E-state index contributed by atoms with van der Waals surface area (Å²) in [5.41, 5.74) is 1.11. The molecule has 1 N–H and O–H groups in total. The summed E-state index contributed by atoms with van der Waals surface area (Å²) < 4.78 is 5.96. The van der Waals surface area contributed by atoms with Gasteiger partial charge in [0.25, 0.3) is 5.91 Å². The van der Waals surface area contributed by atoms with Crippen molar-refractivity contribution in [1.29, 1.82) is 0 Å². The lowest BCUT2D eigenvalue weighted by Gasteiger charge is -2.17. The Labute approximate surface area is 153 Å². The Balaban J connectivity index is 1.91. The van der Waals surface area contributed by atoms with Gasteiger partial charge in [-0.1, -0.05) is 46.6 Å². The van der Waals surface area contributed by atoms with Gasteiger partial charge in [-0.15, -0.1) is 0 Å². The van der Waals surface area contributed by atoms with Gasteiger partial charge >= 0.3 is 5.97 Å². The standard InChI is InChI=1S/C17H16BrClN2O3/c1-2-14(11-5-7-12(18)8-6-11)21-15(22)10-24-17(23)13-4-3-9-20-16(13)19/h3-9,14H,2,10H2,1H3,(H,21,22)/t14-/m0/s1. The number of benzene rings is 1. The van der Waals surface area contributed by atoms with Crippen LogP contribution >= 0.6 is 27.5 Å². The summed E-state index contributed by atoms with van der Waals surface area (Å²) in [5, 5.41) is 2.89. The van der Waals surface area contributed by atoms with E-state index in [1.165, 1.54) is 12.3 Å². The zero-order valence-corrected chi connectivity index (χ0v) is 15.3. The van der Waals surface area contributed by atoms with Crippen molar-refractivity contribution in [2.75, 3.05) is 6.61 Å². The molecule has 0 aliphatic rings. The van der Waals surface area contributed by atoms with Crippen molar-refractivity contribution in [3.8, 4) is 0 Å². The Morgan fingerprint density at radius 1 is 1.29 bits per heavy atom. The largest absolute Gasteiger partial charge is 0.452 e. The fourth-order valence-corrected chi connectivity index (χ4v) is 2.56. The fraction of sp³-hybridized carbons (Fsp3) is 0.235. The second-order valence-electron chi connectivity index (χ2n) is 5.00. The van der Waals surface area contributed by atoms with Gasteiger partial charge in [-0.25, -0.2) is 9.78 Å². The average Bonchev–Trinajstić information content (AvgIpc) is 2.59. The first-order valence-corrected chi connectivity index (χ1v) is 8.50. The molecule has 0 aliphatic carbocycles. The summed E-state index contributed by atoms with van der Waals surface area (Å²) in [6.07, 6.45) is 2.19. The molecule has 0 aliphatic heterocycles. The molecule has 0 bridgehead atoms. The number of amides is 1. The van der Waals surface area contributed by atoms with Crippen LogP contribution in [0.5, 0.6) is 0 Å². The predicted octanol–water partition coefficient (Wildman–Crippen LogP) is 3.92. The van der Waals surface area contributed by atoms with E-state index >= 15 is 0 Å². The number of aromatic nitrogens is 1. The van der Waals surface area contributed by atoms with E-state index in [1.54, 1.807) is 6.07 Å². The van der Waals surface area contributed by atoms with Crippen molar-refractivity contribution in [2.45, 2.75) is 19.4 Å². The molecule has 0 saturated carbocycles. The number of hydrogen-bond acceptors (Lipinski definition) is 4. The van der Waals surface area contributed by atoms with Gasteiger partial charge in [0, 0.05) is 10.7 Å². The van der Waals surface area contributed by atoms with Crippen molar-refractivity contribution >= 4 is 39.4 Å². The highest BCUT2D eigenvalue weighted by Crippen LogP contribution is 2.19. The van der Waals surface area contributed by atoms with Gasteiger partial charge in [0.05, 0.1) is 11.6 Å². The van der Waals surface area contributed by atoms with E-state index in [0.717, 1.165) is 16.5 Å². The van der Waals surface area contributed by atoms with E-state index in [0.29, 0.717) is 0 Å². The number of nitrogens with zero attached hydrogens (tertiary/aromatic N) is 1. The molecular formula is C17H16BrClN2O3. The Hall–Kier alpha value is -1.92. The van der Waals surface area contributed by atoms with Crippen molar-refractivity contribution in [2.24, 2.45) is 0 Å². The SMILES string of the molecule is CC[C@H](NC(=O)COC(=O)c1cccnc1Cl)c1ccc(Br)cc1. The van der Waals surface area contributed by atoms with Gasteiger partial charge in [0.2, 0.25) is 0 Å². The van der Waals surface area contributed by atoms with E-state index in [-0.39, 0.29) is 29.3 Å². The van der Waals surface area contributed by atoms with Gasteiger partial charge in [-0.2, -0.15) is 0 Å². The zero-order chi connectivity index (χ0) is 17.5. The molecule has 0 unspecified atom stereocenters. The van der Waals surface area contributed by atoms with Crippen LogP contribution in [0.3, 0.4) is 0 Å². The van der Waals surface area contributed by atoms with Crippen LogP contribution in [0.2, 0.25) is 5.15 Å². The van der Waals surface area contributed by atoms with Gasteiger partial charge < -0.3 is 10.1 Å². The summed E-state index contributed by atoms with van der Waals surface area (Å²) in [5.74, 6) is -1.06. The highest BCUT2D eigenvalue weighted by atomic mass is 79.9. The minimum Gasteiger partial charge on any atom is -0.452 e. The second kappa shape index (κ2) is 8.80. The summed E-state index contributed by atoms with van der Waals surface area (Å²) in [4.78, 5) is 27.7. The molecule has 1 amide bonds. The van der Waals surface area contributed by atoms with E-state index < -0.39 is 5.97 Å². The average molecular weight is 412 g/mol. The maximum Gasteiger partial charge on any atom is 0.341 e. The van der Waals surface area contributed by atoms with Gasteiger partial charge in [-0.05, 0) is 36.2 Å². The quantitative estimate of drug-likeness (QED) is 0.578. The number of esters is 1. The Kier molecular flexibility index (Phi) is 6.75. The normalized spacial score (nSPS) is 11.6. The molecule has 5 nitrogen and oxygen atoms in total. The first kappa shape index (κ1) is 18.4. The smallest absolute Gasteiger partial charge is 0.341 e. The van der Waals surface area contributed by atoms with Gasteiger partial charge in [0.15, 0.2) is 6.61 Å². The summed E-state index contributed by atoms with van der Waals surface area (Å²) in [6, 6.07) is 10.6. The van der Waals surface area contributed by atoms with E-state index in [1.807, 2.05) is 31.2 Å². The molecule has 1 aromatic carbocycles. The lowest BCUT2D eigenvalue weighted by molar-refractivity contribution is -0.125. The van der Waals surface area contributed by atoms with Crippen LogP contribution in [0.25, 0.3) is 0 Å². The van der Waals surface area contributed by atoms with Crippen LogP contribution in [-0.4, -0.2) is 23.5 Å². The first-order chi connectivity index (χ1) is 11.5. The first-order valence-electron chi connectivity index (χ1n) is 7.33. The zero-order valence-electron chi connectivity index (χ0n) is 13.0. The monoisotopic (exact) mass is 410 g/mol. The maximum absolute atomic E-state index is 12.0. The molecule has 1 heterocycles. The van der Waals surface area contributed by atoms with Crippen LogP contribution in [0.4, 0.5) is 0 Å². The topological polar surface area (TPSA) is 68.3 Å². The molecule has 7 heteroatoms. The van der Waals surface area contributed by atoms with Crippen molar-refractivity contribution in [3.05, 3.63) is 63.3 Å². The summed E-state index contributed by atoms with van der Waals surface area (Å²) >= 11 is 9.19. The van der Waals surface area contributed by atoms with Crippen LogP contribution in [0, 0.1) is 0 Å². The third kappa shape index (κ3) is 5.04. The summed E-state index contributed by atoms with van der Waals surface area (Å²) in [6.45, 7) is 1.59. The molecule has 2 aromatic rings. The number of nitrogens with one attached hydrogen (secondary N) is 1. The molecular weight excluding hydrogens is 396 g/mol. The second-order valence-corrected chi connectivity index (χ2v) is 6.27.